The highest BCUT2D eigenvalue weighted by molar-refractivity contribution is 5.82. The van der Waals surface area contributed by atoms with E-state index < -0.39 is 0 Å². The van der Waals surface area contributed by atoms with Gasteiger partial charge in [-0.2, -0.15) is 5.10 Å². The minimum absolute atomic E-state index is 0.241. The van der Waals surface area contributed by atoms with Crippen molar-refractivity contribution in [3.05, 3.63) is 65.9 Å². The summed E-state index contributed by atoms with van der Waals surface area (Å²) >= 11 is 0. The van der Waals surface area contributed by atoms with E-state index in [1.165, 1.54) is 12.1 Å². The number of fused-ring (bicyclic) bond motifs is 1. The van der Waals surface area contributed by atoms with Crippen LogP contribution in [0.25, 0.3) is 10.9 Å². The molecule has 0 aliphatic carbocycles. The van der Waals surface area contributed by atoms with E-state index in [9.17, 15) is 4.39 Å². The smallest absolute Gasteiger partial charge is 0.320 e. The summed E-state index contributed by atoms with van der Waals surface area (Å²) in [5.41, 5.74) is 2.69. The average molecular weight is 323 g/mol. The van der Waals surface area contributed by atoms with Crippen LogP contribution in [0, 0.1) is 5.82 Å². The number of hydrogen-bond donors (Lipinski definition) is 2. The van der Waals surface area contributed by atoms with Crippen molar-refractivity contribution in [3.63, 3.8) is 0 Å². The first-order valence-electron chi connectivity index (χ1n) is 7.53. The molecule has 2 heterocycles. The molecule has 2 aromatic carbocycles. The SMILES string of the molecule is Fc1cccc(CCc2nnc(Nc3ccc4[nH]ncc4c3)o2)c1. The highest BCUT2D eigenvalue weighted by atomic mass is 19.1. The first kappa shape index (κ1) is 14.4. The normalized spacial score (nSPS) is 11.0. The molecular weight excluding hydrogens is 309 g/mol. The molecule has 0 fully saturated rings. The maximum atomic E-state index is 13.2. The lowest BCUT2D eigenvalue weighted by molar-refractivity contribution is 0.507. The summed E-state index contributed by atoms with van der Waals surface area (Å²) in [6.07, 6.45) is 2.94. The molecule has 4 rings (SSSR count). The van der Waals surface area contributed by atoms with Crippen LogP contribution in [0.1, 0.15) is 11.5 Å². The second-order valence-electron chi connectivity index (χ2n) is 5.43. The summed E-state index contributed by atoms with van der Waals surface area (Å²) in [6, 6.07) is 12.6. The maximum Gasteiger partial charge on any atom is 0.320 e. The molecule has 6 nitrogen and oxygen atoms in total. The van der Waals surface area contributed by atoms with Gasteiger partial charge in [0.1, 0.15) is 5.82 Å². The van der Waals surface area contributed by atoms with Gasteiger partial charge in [-0.05, 0) is 42.3 Å². The number of H-pyrrole nitrogens is 1. The van der Waals surface area contributed by atoms with Gasteiger partial charge in [-0.25, -0.2) is 4.39 Å². The fourth-order valence-electron chi connectivity index (χ4n) is 2.49. The summed E-state index contributed by atoms with van der Waals surface area (Å²) in [5, 5.41) is 18.9. The first-order valence-corrected chi connectivity index (χ1v) is 7.53. The molecule has 0 saturated carbocycles. The largest absolute Gasteiger partial charge is 0.408 e. The number of benzene rings is 2. The Hall–Kier alpha value is -3.22. The molecule has 24 heavy (non-hydrogen) atoms. The van der Waals surface area contributed by atoms with Crippen molar-refractivity contribution in [2.75, 3.05) is 5.32 Å². The Kier molecular flexibility index (Phi) is 3.66. The second-order valence-corrected chi connectivity index (χ2v) is 5.43. The minimum Gasteiger partial charge on any atom is -0.408 e. The second kappa shape index (κ2) is 6.11. The Bertz CT molecular complexity index is 978. The van der Waals surface area contributed by atoms with Crippen LogP contribution in [0.3, 0.4) is 0 Å². The average Bonchev–Trinajstić information content (AvgIpc) is 3.22. The molecule has 2 N–H and O–H groups in total. The number of nitrogens with zero attached hydrogens (tertiary/aromatic N) is 3. The van der Waals surface area contributed by atoms with Crippen molar-refractivity contribution in [3.8, 4) is 0 Å². The van der Waals surface area contributed by atoms with E-state index in [1.54, 1.807) is 12.3 Å². The van der Waals surface area contributed by atoms with Gasteiger partial charge in [-0.15, -0.1) is 5.10 Å². The third-order valence-corrected chi connectivity index (χ3v) is 3.67. The molecule has 0 aliphatic heterocycles. The van der Waals surface area contributed by atoms with Gasteiger partial charge in [0.15, 0.2) is 0 Å². The number of anilines is 2. The van der Waals surface area contributed by atoms with Crippen LogP contribution >= 0.6 is 0 Å². The van der Waals surface area contributed by atoms with Crippen LogP contribution in [-0.4, -0.2) is 20.4 Å². The standard InChI is InChI=1S/C17H14FN5O/c18-13-3-1-2-11(8-13)4-7-16-22-23-17(24-16)20-14-5-6-15-12(9-14)10-19-21-15/h1-3,5-6,8-10H,4,7H2,(H,19,21)(H,20,23). The molecule has 0 spiro atoms. The molecule has 2 aromatic heterocycles. The van der Waals surface area contributed by atoms with Gasteiger partial charge in [0.25, 0.3) is 0 Å². The van der Waals surface area contributed by atoms with Gasteiger partial charge in [0.05, 0.1) is 11.7 Å². The van der Waals surface area contributed by atoms with E-state index in [2.05, 4.69) is 25.7 Å². The van der Waals surface area contributed by atoms with E-state index in [0.29, 0.717) is 24.7 Å². The zero-order valence-electron chi connectivity index (χ0n) is 12.7. The lowest BCUT2D eigenvalue weighted by Gasteiger charge is -2.01. The summed E-state index contributed by atoms with van der Waals surface area (Å²) in [5.74, 6) is 0.265. The van der Waals surface area contributed by atoms with Crippen LogP contribution in [-0.2, 0) is 12.8 Å². The topological polar surface area (TPSA) is 79.6 Å². The van der Waals surface area contributed by atoms with E-state index in [0.717, 1.165) is 22.2 Å². The number of halogens is 1. The molecule has 7 heteroatoms. The van der Waals surface area contributed by atoms with Crippen molar-refractivity contribution in [1.29, 1.82) is 0 Å². The molecular formula is C17H14FN5O. The van der Waals surface area contributed by atoms with Crippen LogP contribution in [0.2, 0.25) is 0 Å². The van der Waals surface area contributed by atoms with Gasteiger partial charge in [0, 0.05) is 17.5 Å². The number of rotatable bonds is 5. The van der Waals surface area contributed by atoms with E-state index in [1.807, 2.05) is 24.3 Å². The molecule has 0 bridgehead atoms. The monoisotopic (exact) mass is 323 g/mol. The van der Waals surface area contributed by atoms with Gasteiger partial charge >= 0.3 is 6.01 Å². The summed E-state index contributed by atoms with van der Waals surface area (Å²) in [6.45, 7) is 0. The van der Waals surface area contributed by atoms with Crippen LogP contribution in [0.15, 0.2) is 53.1 Å². The molecule has 120 valence electrons. The van der Waals surface area contributed by atoms with Crippen molar-refractivity contribution in [2.24, 2.45) is 0 Å². The predicted molar refractivity (Wildman–Crippen MR) is 87.5 cm³/mol. The molecule has 0 unspecified atom stereocenters. The number of aryl methyl sites for hydroxylation is 2. The van der Waals surface area contributed by atoms with Crippen molar-refractivity contribution in [1.82, 2.24) is 20.4 Å². The van der Waals surface area contributed by atoms with Gasteiger partial charge in [-0.1, -0.05) is 17.2 Å². The third kappa shape index (κ3) is 3.10. The summed E-state index contributed by atoms with van der Waals surface area (Å²) in [7, 11) is 0. The van der Waals surface area contributed by atoms with E-state index in [-0.39, 0.29) is 5.82 Å². The Balaban J connectivity index is 1.42. The predicted octanol–water partition coefficient (Wildman–Crippen LogP) is 3.61. The van der Waals surface area contributed by atoms with Gasteiger partial charge in [0.2, 0.25) is 5.89 Å². The molecule has 0 amide bonds. The highest BCUT2D eigenvalue weighted by Crippen LogP contribution is 2.20. The van der Waals surface area contributed by atoms with E-state index in [4.69, 9.17) is 4.42 Å². The van der Waals surface area contributed by atoms with Crippen molar-refractivity contribution >= 4 is 22.6 Å². The van der Waals surface area contributed by atoms with Crippen molar-refractivity contribution < 1.29 is 8.81 Å². The summed E-state index contributed by atoms with van der Waals surface area (Å²) < 4.78 is 18.7. The number of aromatic nitrogens is 4. The minimum atomic E-state index is -0.241. The summed E-state index contributed by atoms with van der Waals surface area (Å²) in [4.78, 5) is 0. The zero-order chi connectivity index (χ0) is 16.4. The number of nitrogens with one attached hydrogen (secondary N) is 2. The molecule has 0 saturated heterocycles. The van der Waals surface area contributed by atoms with Crippen LogP contribution in [0.5, 0.6) is 0 Å². The fourth-order valence-corrected chi connectivity index (χ4v) is 2.49. The first-order chi connectivity index (χ1) is 11.8. The van der Waals surface area contributed by atoms with Gasteiger partial charge < -0.3 is 9.73 Å². The van der Waals surface area contributed by atoms with Crippen molar-refractivity contribution in [2.45, 2.75) is 12.8 Å². The lowest BCUT2D eigenvalue weighted by atomic mass is 10.1. The number of aromatic amines is 1. The van der Waals surface area contributed by atoms with Crippen LogP contribution in [0.4, 0.5) is 16.1 Å². The Morgan fingerprint density at radius 3 is 2.96 bits per heavy atom. The quantitative estimate of drug-likeness (QED) is 0.586. The van der Waals surface area contributed by atoms with Gasteiger partial charge in [-0.3, -0.25) is 5.10 Å². The Morgan fingerprint density at radius 2 is 2.04 bits per heavy atom. The molecule has 4 aromatic rings. The molecule has 0 radical (unpaired) electrons. The Morgan fingerprint density at radius 1 is 1.08 bits per heavy atom. The zero-order valence-corrected chi connectivity index (χ0v) is 12.7. The number of hydrogen-bond acceptors (Lipinski definition) is 5. The lowest BCUT2D eigenvalue weighted by Crippen LogP contribution is -1.92. The Labute approximate surface area is 136 Å². The third-order valence-electron chi connectivity index (χ3n) is 3.67. The molecule has 0 atom stereocenters. The molecule has 0 aliphatic rings. The maximum absolute atomic E-state index is 13.2. The van der Waals surface area contributed by atoms with Crippen LogP contribution < -0.4 is 5.32 Å². The fraction of sp³-hybridized carbons (Fsp3) is 0.118. The van der Waals surface area contributed by atoms with E-state index >= 15 is 0 Å². The highest BCUT2D eigenvalue weighted by Gasteiger charge is 2.08.